The van der Waals surface area contributed by atoms with Crippen LogP contribution in [0.4, 0.5) is 5.69 Å². The number of aromatic nitrogens is 2. The first-order valence-electron chi connectivity index (χ1n) is 9.33. The summed E-state index contributed by atoms with van der Waals surface area (Å²) in [6.07, 6.45) is 0.476. The number of hydrogen-bond acceptors (Lipinski definition) is 5. The summed E-state index contributed by atoms with van der Waals surface area (Å²) in [6, 6.07) is 20.8. The summed E-state index contributed by atoms with van der Waals surface area (Å²) in [5, 5.41) is 13.7. The number of benzene rings is 3. The standard InChI is InChI=1S/C22H18N4O4/c27-22(15-6-9-18(10-7-15)30-17-4-2-1-3-5-17)23-13-12-21-24-19-11-8-16(26(28)29)14-20(19)25-21/h1-11,14H,12-13H2,(H,23,27)(H,24,25). The van der Waals surface area contributed by atoms with Gasteiger partial charge in [-0.1, -0.05) is 18.2 Å². The first-order valence-corrected chi connectivity index (χ1v) is 9.33. The molecule has 0 aliphatic heterocycles. The number of non-ortho nitro benzene ring substituents is 1. The predicted molar refractivity (Wildman–Crippen MR) is 112 cm³/mol. The Morgan fingerprint density at radius 3 is 2.50 bits per heavy atom. The van der Waals surface area contributed by atoms with E-state index in [0.717, 1.165) is 5.75 Å². The van der Waals surface area contributed by atoms with E-state index in [0.29, 0.717) is 41.1 Å². The van der Waals surface area contributed by atoms with Crippen LogP contribution in [0.2, 0.25) is 0 Å². The molecule has 8 nitrogen and oxygen atoms in total. The molecule has 1 heterocycles. The molecular weight excluding hydrogens is 384 g/mol. The molecule has 4 aromatic rings. The highest BCUT2D eigenvalue weighted by atomic mass is 16.6. The van der Waals surface area contributed by atoms with Crippen molar-refractivity contribution in [2.75, 3.05) is 6.54 Å². The Morgan fingerprint density at radius 2 is 1.77 bits per heavy atom. The van der Waals surface area contributed by atoms with Crippen molar-refractivity contribution >= 4 is 22.6 Å². The van der Waals surface area contributed by atoms with Gasteiger partial charge in [0.1, 0.15) is 17.3 Å². The zero-order chi connectivity index (χ0) is 20.9. The number of amides is 1. The third-order valence-corrected chi connectivity index (χ3v) is 4.47. The lowest BCUT2D eigenvalue weighted by molar-refractivity contribution is -0.384. The SMILES string of the molecule is O=C(NCCc1nc2ccc([N+](=O)[O-])cc2[nH]1)c1ccc(Oc2ccccc2)cc1. The number of carbonyl (C=O) groups is 1. The van der Waals surface area contributed by atoms with Gasteiger partial charge in [-0.15, -0.1) is 0 Å². The quantitative estimate of drug-likeness (QED) is 0.355. The molecule has 0 spiro atoms. The topological polar surface area (TPSA) is 110 Å². The van der Waals surface area contributed by atoms with Crippen molar-refractivity contribution in [2.45, 2.75) is 6.42 Å². The van der Waals surface area contributed by atoms with Crippen LogP contribution in [0.15, 0.2) is 72.8 Å². The number of ether oxygens (including phenoxy) is 1. The summed E-state index contributed by atoms with van der Waals surface area (Å²) in [7, 11) is 0. The number of nitrogens with one attached hydrogen (secondary N) is 2. The van der Waals surface area contributed by atoms with E-state index in [4.69, 9.17) is 4.74 Å². The van der Waals surface area contributed by atoms with Crippen molar-refractivity contribution in [3.05, 3.63) is 94.3 Å². The third-order valence-electron chi connectivity index (χ3n) is 4.47. The molecule has 0 fully saturated rings. The number of nitrogens with zero attached hydrogens (tertiary/aromatic N) is 2. The van der Waals surface area contributed by atoms with E-state index < -0.39 is 4.92 Å². The molecule has 0 saturated carbocycles. The molecule has 0 aliphatic carbocycles. The minimum absolute atomic E-state index is 0.00527. The van der Waals surface area contributed by atoms with Crippen molar-refractivity contribution in [1.29, 1.82) is 0 Å². The summed E-state index contributed by atoms with van der Waals surface area (Å²) in [6.45, 7) is 0.378. The molecule has 8 heteroatoms. The summed E-state index contributed by atoms with van der Waals surface area (Å²) in [5.74, 6) is 1.82. The number of imidazole rings is 1. The number of carbonyl (C=O) groups excluding carboxylic acids is 1. The zero-order valence-electron chi connectivity index (χ0n) is 15.9. The van der Waals surface area contributed by atoms with Gasteiger partial charge in [0.05, 0.1) is 16.0 Å². The molecule has 0 saturated heterocycles. The Bertz CT molecular complexity index is 1190. The number of para-hydroxylation sites is 1. The van der Waals surface area contributed by atoms with Gasteiger partial charge in [0.15, 0.2) is 0 Å². The summed E-state index contributed by atoms with van der Waals surface area (Å²) in [5.41, 5.74) is 1.77. The Hall–Kier alpha value is -4.20. The van der Waals surface area contributed by atoms with Gasteiger partial charge < -0.3 is 15.0 Å². The van der Waals surface area contributed by atoms with Gasteiger partial charge >= 0.3 is 0 Å². The maximum atomic E-state index is 12.3. The van der Waals surface area contributed by atoms with E-state index in [2.05, 4.69) is 15.3 Å². The van der Waals surface area contributed by atoms with Crippen molar-refractivity contribution in [2.24, 2.45) is 0 Å². The molecule has 3 aromatic carbocycles. The fourth-order valence-corrected chi connectivity index (χ4v) is 2.98. The van der Waals surface area contributed by atoms with Crippen LogP contribution >= 0.6 is 0 Å². The second-order valence-electron chi connectivity index (χ2n) is 6.59. The first kappa shape index (κ1) is 19.1. The maximum absolute atomic E-state index is 12.3. The van der Waals surface area contributed by atoms with Gasteiger partial charge in [-0.2, -0.15) is 0 Å². The molecule has 0 bridgehead atoms. The molecule has 0 unspecified atom stereocenters. The lowest BCUT2D eigenvalue weighted by Gasteiger charge is -2.07. The Labute approximate surface area is 171 Å². The van der Waals surface area contributed by atoms with E-state index in [1.165, 1.54) is 12.1 Å². The van der Waals surface area contributed by atoms with Gasteiger partial charge in [-0.05, 0) is 42.5 Å². The molecule has 4 rings (SSSR count). The molecule has 30 heavy (non-hydrogen) atoms. The monoisotopic (exact) mass is 402 g/mol. The van der Waals surface area contributed by atoms with Gasteiger partial charge in [0.25, 0.3) is 11.6 Å². The van der Waals surface area contributed by atoms with E-state index in [1.807, 2.05) is 30.3 Å². The fourth-order valence-electron chi connectivity index (χ4n) is 2.98. The lowest BCUT2D eigenvalue weighted by Crippen LogP contribution is -2.25. The minimum atomic E-state index is -0.448. The van der Waals surface area contributed by atoms with Crippen LogP contribution < -0.4 is 10.1 Å². The summed E-state index contributed by atoms with van der Waals surface area (Å²) >= 11 is 0. The number of rotatable bonds is 7. The van der Waals surface area contributed by atoms with Gasteiger partial charge in [-0.25, -0.2) is 4.98 Å². The first-order chi connectivity index (χ1) is 14.6. The maximum Gasteiger partial charge on any atom is 0.271 e. The molecule has 1 amide bonds. The average Bonchev–Trinajstić information content (AvgIpc) is 3.17. The smallest absolute Gasteiger partial charge is 0.271 e. The van der Waals surface area contributed by atoms with Gasteiger partial charge in [-0.3, -0.25) is 14.9 Å². The van der Waals surface area contributed by atoms with Crippen LogP contribution in [-0.4, -0.2) is 27.3 Å². The van der Waals surface area contributed by atoms with Crippen LogP contribution in [0, 0.1) is 10.1 Å². The number of H-pyrrole nitrogens is 1. The molecule has 1 aromatic heterocycles. The van der Waals surface area contributed by atoms with E-state index >= 15 is 0 Å². The highest BCUT2D eigenvalue weighted by Crippen LogP contribution is 2.21. The summed E-state index contributed by atoms with van der Waals surface area (Å²) < 4.78 is 5.72. The third kappa shape index (κ3) is 4.44. The van der Waals surface area contributed by atoms with Crippen LogP contribution in [0.1, 0.15) is 16.2 Å². The number of nitro groups is 1. The van der Waals surface area contributed by atoms with Crippen molar-refractivity contribution < 1.29 is 14.5 Å². The number of aromatic amines is 1. The molecule has 0 radical (unpaired) electrons. The fraction of sp³-hybridized carbons (Fsp3) is 0.0909. The molecular formula is C22H18N4O4. The average molecular weight is 402 g/mol. The second kappa shape index (κ2) is 8.44. The molecule has 0 aliphatic rings. The number of fused-ring (bicyclic) bond motifs is 1. The zero-order valence-corrected chi connectivity index (χ0v) is 15.9. The van der Waals surface area contributed by atoms with Crippen molar-refractivity contribution in [3.8, 4) is 11.5 Å². The molecule has 150 valence electrons. The second-order valence-corrected chi connectivity index (χ2v) is 6.59. The Balaban J connectivity index is 1.32. The predicted octanol–water partition coefficient (Wildman–Crippen LogP) is 4.24. The van der Waals surface area contributed by atoms with Crippen LogP contribution in [0.3, 0.4) is 0 Å². The van der Waals surface area contributed by atoms with E-state index in [9.17, 15) is 14.9 Å². The Morgan fingerprint density at radius 1 is 1.03 bits per heavy atom. The largest absolute Gasteiger partial charge is 0.457 e. The normalized spacial score (nSPS) is 10.7. The highest BCUT2D eigenvalue weighted by molar-refractivity contribution is 5.94. The number of hydrogen-bond donors (Lipinski definition) is 2. The minimum Gasteiger partial charge on any atom is -0.457 e. The van der Waals surface area contributed by atoms with Gasteiger partial charge in [0, 0.05) is 30.7 Å². The molecule has 0 atom stereocenters. The summed E-state index contributed by atoms with van der Waals surface area (Å²) in [4.78, 5) is 30.2. The van der Waals surface area contributed by atoms with Crippen LogP contribution in [0.25, 0.3) is 11.0 Å². The lowest BCUT2D eigenvalue weighted by atomic mass is 10.2. The van der Waals surface area contributed by atoms with Crippen molar-refractivity contribution in [3.63, 3.8) is 0 Å². The molecule has 2 N–H and O–H groups in total. The van der Waals surface area contributed by atoms with Crippen LogP contribution in [-0.2, 0) is 6.42 Å². The highest BCUT2D eigenvalue weighted by Gasteiger charge is 2.10. The van der Waals surface area contributed by atoms with E-state index in [1.54, 1.807) is 30.3 Å². The number of nitro benzene ring substituents is 1. The van der Waals surface area contributed by atoms with Crippen molar-refractivity contribution in [1.82, 2.24) is 15.3 Å². The Kier molecular flexibility index (Phi) is 5.38. The van der Waals surface area contributed by atoms with Crippen LogP contribution in [0.5, 0.6) is 11.5 Å². The van der Waals surface area contributed by atoms with Gasteiger partial charge in [0.2, 0.25) is 0 Å². The van der Waals surface area contributed by atoms with E-state index in [-0.39, 0.29) is 11.6 Å².